The van der Waals surface area contributed by atoms with Crippen LogP contribution in [-0.2, 0) is 11.2 Å². The maximum absolute atomic E-state index is 12.2. The minimum atomic E-state index is -0.339. The summed E-state index contributed by atoms with van der Waals surface area (Å²) in [5.41, 5.74) is 0.798. The van der Waals surface area contributed by atoms with Crippen LogP contribution in [0.5, 0.6) is 0 Å². The molecule has 3 amide bonds. The minimum absolute atomic E-state index is 0.0823. The molecule has 0 saturated heterocycles. The molecular weight excluding hydrogens is 296 g/mol. The summed E-state index contributed by atoms with van der Waals surface area (Å²) in [6.45, 7) is 0.535. The third-order valence-electron chi connectivity index (χ3n) is 3.71. The van der Waals surface area contributed by atoms with E-state index < -0.39 is 0 Å². The average molecular weight is 312 g/mol. The van der Waals surface area contributed by atoms with Crippen LogP contribution in [0.15, 0.2) is 47.1 Å². The van der Waals surface area contributed by atoms with Crippen molar-refractivity contribution in [1.29, 1.82) is 0 Å². The van der Waals surface area contributed by atoms with Gasteiger partial charge in [0, 0.05) is 25.9 Å². The summed E-state index contributed by atoms with van der Waals surface area (Å²) in [4.78, 5) is 37.2. The summed E-state index contributed by atoms with van der Waals surface area (Å²) >= 11 is 0. The average Bonchev–Trinajstić information content (AvgIpc) is 3.15. The van der Waals surface area contributed by atoms with Gasteiger partial charge in [0.1, 0.15) is 5.76 Å². The van der Waals surface area contributed by atoms with Crippen LogP contribution >= 0.6 is 0 Å². The number of fused-ring (bicyclic) bond motifs is 1. The van der Waals surface area contributed by atoms with Gasteiger partial charge >= 0.3 is 0 Å². The summed E-state index contributed by atoms with van der Waals surface area (Å²) in [5, 5.41) is 2.75. The second-order valence-electron chi connectivity index (χ2n) is 5.24. The Morgan fingerprint density at radius 1 is 1.04 bits per heavy atom. The lowest BCUT2D eigenvalue weighted by Gasteiger charge is -2.13. The van der Waals surface area contributed by atoms with Gasteiger partial charge in [-0.3, -0.25) is 19.3 Å². The molecule has 6 heteroatoms. The molecule has 2 aromatic rings. The first kappa shape index (κ1) is 15.0. The fourth-order valence-corrected chi connectivity index (χ4v) is 2.52. The fraction of sp³-hybridized carbons (Fsp3) is 0.235. The number of furan rings is 1. The van der Waals surface area contributed by atoms with Crippen LogP contribution in [0.4, 0.5) is 0 Å². The lowest BCUT2D eigenvalue weighted by molar-refractivity contribution is -0.121. The topological polar surface area (TPSA) is 79.6 Å². The van der Waals surface area contributed by atoms with E-state index in [1.165, 1.54) is 0 Å². The van der Waals surface area contributed by atoms with Gasteiger partial charge in [-0.15, -0.1) is 0 Å². The number of carbonyl (C=O) groups is 3. The van der Waals surface area contributed by atoms with E-state index in [2.05, 4.69) is 5.32 Å². The molecule has 0 unspecified atom stereocenters. The van der Waals surface area contributed by atoms with Gasteiger partial charge < -0.3 is 9.73 Å². The number of imide groups is 1. The molecule has 6 nitrogen and oxygen atoms in total. The number of nitrogens with one attached hydrogen (secondary N) is 1. The van der Waals surface area contributed by atoms with Gasteiger partial charge in [-0.25, -0.2) is 0 Å². The molecule has 1 N–H and O–H groups in total. The van der Waals surface area contributed by atoms with Crippen molar-refractivity contribution in [2.75, 3.05) is 13.1 Å². The normalized spacial score (nSPS) is 13.3. The van der Waals surface area contributed by atoms with Crippen LogP contribution in [0.1, 0.15) is 32.9 Å². The van der Waals surface area contributed by atoms with Gasteiger partial charge in [-0.1, -0.05) is 12.1 Å². The van der Waals surface area contributed by atoms with E-state index in [1.54, 1.807) is 36.6 Å². The van der Waals surface area contributed by atoms with Crippen LogP contribution < -0.4 is 5.32 Å². The third-order valence-corrected chi connectivity index (χ3v) is 3.71. The van der Waals surface area contributed by atoms with Crippen molar-refractivity contribution in [2.45, 2.75) is 12.8 Å². The number of amides is 3. The Balaban J connectivity index is 1.48. The molecule has 2 heterocycles. The Morgan fingerprint density at radius 3 is 2.35 bits per heavy atom. The maximum Gasteiger partial charge on any atom is 0.261 e. The molecule has 1 aromatic carbocycles. The second-order valence-corrected chi connectivity index (χ2v) is 5.24. The molecule has 1 aliphatic rings. The molecule has 0 bridgehead atoms. The lowest BCUT2D eigenvalue weighted by Crippen LogP contribution is -2.35. The molecule has 0 fully saturated rings. The zero-order valence-corrected chi connectivity index (χ0v) is 12.5. The Bertz CT molecular complexity index is 702. The number of nitrogens with zero attached hydrogens (tertiary/aromatic N) is 1. The molecule has 118 valence electrons. The highest BCUT2D eigenvalue weighted by molar-refractivity contribution is 6.21. The summed E-state index contributed by atoms with van der Waals surface area (Å²) in [6.07, 6.45) is 2.27. The van der Waals surface area contributed by atoms with Crippen molar-refractivity contribution in [2.24, 2.45) is 0 Å². The van der Waals surface area contributed by atoms with E-state index in [0.29, 0.717) is 24.1 Å². The maximum atomic E-state index is 12.2. The number of rotatable bonds is 6. The van der Waals surface area contributed by atoms with Gasteiger partial charge in [0.15, 0.2) is 0 Å². The van der Waals surface area contributed by atoms with Gasteiger partial charge in [0.25, 0.3) is 11.8 Å². The SMILES string of the molecule is O=C(CCN1C(=O)c2ccccc2C1=O)NCCc1ccco1. The summed E-state index contributed by atoms with van der Waals surface area (Å²) in [6, 6.07) is 10.3. The molecule has 0 saturated carbocycles. The minimum Gasteiger partial charge on any atom is -0.469 e. The monoisotopic (exact) mass is 312 g/mol. The predicted molar refractivity (Wildman–Crippen MR) is 81.8 cm³/mol. The zero-order valence-electron chi connectivity index (χ0n) is 12.5. The zero-order chi connectivity index (χ0) is 16.2. The van der Waals surface area contributed by atoms with Crippen LogP contribution in [0.2, 0.25) is 0 Å². The standard InChI is InChI=1S/C17H16N2O4/c20-15(18-9-7-12-4-3-11-23-12)8-10-19-16(21)13-5-1-2-6-14(13)17(19)22/h1-6,11H,7-10H2,(H,18,20). The van der Waals surface area contributed by atoms with Gasteiger partial charge in [0.05, 0.1) is 17.4 Å². The van der Waals surface area contributed by atoms with E-state index in [0.717, 1.165) is 10.7 Å². The summed E-state index contributed by atoms with van der Waals surface area (Å²) in [5.74, 6) is -0.0817. The Hall–Kier alpha value is -2.89. The highest BCUT2D eigenvalue weighted by Gasteiger charge is 2.34. The number of hydrogen-bond acceptors (Lipinski definition) is 4. The molecule has 1 aromatic heterocycles. The highest BCUT2D eigenvalue weighted by atomic mass is 16.3. The van der Waals surface area contributed by atoms with E-state index in [-0.39, 0.29) is 30.7 Å². The van der Waals surface area contributed by atoms with Crippen molar-refractivity contribution in [3.8, 4) is 0 Å². The fourth-order valence-electron chi connectivity index (χ4n) is 2.52. The molecular formula is C17H16N2O4. The van der Waals surface area contributed by atoms with Crippen LogP contribution in [0.3, 0.4) is 0 Å². The number of hydrogen-bond donors (Lipinski definition) is 1. The van der Waals surface area contributed by atoms with Gasteiger partial charge in [-0.2, -0.15) is 0 Å². The van der Waals surface area contributed by atoms with Gasteiger partial charge in [-0.05, 0) is 24.3 Å². The molecule has 0 spiro atoms. The molecule has 3 rings (SSSR count). The Labute approximate surface area is 133 Å². The summed E-state index contributed by atoms with van der Waals surface area (Å²) < 4.78 is 5.17. The number of benzene rings is 1. The smallest absolute Gasteiger partial charge is 0.261 e. The molecule has 0 aliphatic carbocycles. The second kappa shape index (κ2) is 6.48. The molecule has 23 heavy (non-hydrogen) atoms. The van der Waals surface area contributed by atoms with Crippen molar-refractivity contribution in [3.05, 3.63) is 59.5 Å². The van der Waals surface area contributed by atoms with Crippen molar-refractivity contribution in [3.63, 3.8) is 0 Å². The van der Waals surface area contributed by atoms with E-state index >= 15 is 0 Å². The first-order chi connectivity index (χ1) is 11.2. The van der Waals surface area contributed by atoms with Crippen molar-refractivity contribution in [1.82, 2.24) is 10.2 Å². The van der Waals surface area contributed by atoms with E-state index in [1.807, 2.05) is 6.07 Å². The molecule has 1 aliphatic heterocycles. The Morgan fingerprint density at radius 2 is 1.74 bits per heavy atom. The molecule has 0 atom stereocenters. The number of carbonyl (C=O) groups excluding carboxylic acids is 3. The predicted octanol–water partition coefficient (Wildman–Crippen LogP) is 1.62. The van der Waals surface area contributed by atoms with E-state index in [4.69, 9.17) is 4.42 Å². The Kier molecular flexibility index (Phi) is 4.23. The first-order valence-electron chi connectivity index (χ1n) is 7.41. The van der Waals surface area contributed by atoms with Crippen molar-refractivity contribution >= 4 is 17.7 Å². The largest absolute Gasteiger partial charge is 0.469 e. The first-order valence-corrected chi connectivity index (χ1v) is 7.41. The molecule has 0 radical (unpaired) electrons. The van der Waals surface area contributed by atoms with Crippen LogP contribution in [0.25, 0.3) is 0 Å². The quantitative estimate of drug-likeness (QED) is 0.822. The van der Waals surface area contributed by atoms with Crippen LogP contribution in [0, 0.1) is 0 Å². The van der Waals surface area contributed by atoms with Gasteiger partial charge in [0.2, 0.25) is 5.91 Å². The summed E-state index contributed by atoms with van der Waals surface area (Å²) in [7, 11) is 0. The lowest BCUT2D eigenvalue weighted by atomic mass is 10.1. The van der Waals surface area contributed by atoms with Crippen LogP contribution in [-0.4, -0.2) is 35.7 Å². The third kappa shape index (κ3) is 3.15. The van der Waals surface area contributed by atoms with E-state index in [9.17, 15) is 14.4 Å². The van der Waals surface area contributed by atoms with Crippen molar-refractivity contribution < 1.29 is 18.8 Å². The highest BCUT2D eigenvalue weighted by Crippen LogP contribution is 2.22.